The molecule has 0 bridgehead atoms. The van der Waals surface area contributed by atoms with Gasteiger partial charge in [-0.25, -0.2) is 9.37 Å². The number of anilines is 2. The number of hydrogen-bond acceptors (Lipinski definition) is 5. The maximum atomic E-state index is 13.5. The predicted octanol–water partition coefficient (Wildman–Crippen LogP) is 5.71. The molecule has 5 nitrogen and oxygen atoms in total. The van der Waals surface area contributed by atoms with Gasteiger partial charge in [0.15, 0.2) is 0 Å². The minimum atomic E-state index is -0.532. The number of halogens is 3. The van der Waals surface area contributed by atoms with Gasteiger partial charge in [-0.15, -0.1) is 11.3 Å². The molecular weight excluding hydrogens is 434 g/mol. The van der Waals surface area contributed by atoms with E-state index in [2.05, 4.69) is 15.3 Å². The molecule has 0 amide bonds. The van der Waals surface area contributed by atoms with Crippen molar-refractivity contribution in [3.63, 3.8) is 0 Å². The molecule has 1 N–H and O–H groups in total. The van der Waals surface area contributed by atoms with Crippen LogP contribution in [0.5, 0.6) is 0 Å². The van der Waals surface area contributed by atoms with E-state index in [1.54, 1.807) is 22.0 Å². The quantitative estimate of drug-likeness (QED) is 0.434. The summed E-state index contributed by atoms with van der Waals surface area (Å²) in [5.41, 5.74) is 2.91. The fourth-order valence-corrected chi connectivity index (χ4v) is 4.18. The molecule has 9 heteroatoms. The second kappa shape index (κ2) is 7.74. The van der Waals surface area contributed by atoms with Crippen molar-refractivity contribution in [1.82, 2.24) is 14.5 Å². The first-order chi connectivity index (χ1) is 13.8. The van der Waals surface area contributed by atoms with Crippen molar-refractivity contribution in [2.45, 2.75) is 20.4 Å². The zero-order valence-corrected chi connectivity index (χ0v) is 17.8. The van der Waals surface area contributed by atoms with E-state index in [-0.39, 0.29) is 10.0 Å². The summed E-state index contributed by atoms with van der Waals surface area (Å²) in [5, 5.41) is 4.22. The summed E-state index contributed by atoms with van der Waals surface area (Å²) in [7, 11) is 0. The van der Waals surface area contributed by atoms with Crippen molar-refractivity contribution in [1.29, 1.82) is 0 Å². The van der Waals surface area contributed by atoms with E-state index < -0.39 is 11.4 Å². The van der Waals surface area contributed by atoms with Crippen LogP contribution in [0.15, 0.2) is 41.3 Å². The van der Waals surface area contributed by atoms with Crippen LogP contribution in [0.4, 0.5) is 16.0 Å². The van der Waals surface area contributed by atoms with E-state index >= 15 is 0 Å². The predicted molar refractivity (Wildman–Crippen MR) is 116 cm³/mol. The molecule has 0 radical (unpaired) electrons. The topological polar surface area (TPSA) is 59.8 Å². The maximum absolute atomic E-state index is 13.5. The van der Waals surface area contributed by atoms with Gasteiger partial charge in [-0.3, -0.25) is 4.79 Å². The molecule has 0 unspecified atom stereocenters. The van der Waals surface area contributed by atoms with Gasteiger partial charge in [-0.05, 0) is 49.2 Å². The summed E-state index contributed by atoms with van der Waals surface area (Å²) in [5.74, 6) is -0.169. The summed E-state index contributed by atoms with van der Waals surface area (Å²) in [6, 6.07) is 8.42. The van der Waals surface area contributed by atoms with E-state index in [1.807, 2.05) is 26.0 Å². The zero-order valence-electron chi connectivity index (χ0n) is 15.5. The Kier molecular flexibility index (Phi) is 5.29. The van der Waals surface area contributed by atoms with E-state index in [1.165, 1.54) is 18.3 Å². The Morgan fingerprint density at radius 1 is 1.14 bits per heavy atom. The van der Waals surface area contributed by atoms with Crippen LogP contribution in [0.25, 0.3) is 10.2 Å². The van der Waals surface area contributed by atoms with Gasteiger partial charge in [0.2, 0.25) is 5.95 Å². The van der Waals surface area contributed by atoms with Gasteiger partial charge in [0, 0.05) is 11.9 Å². The van der Waals surface area contributed by atoms with Crippen LogP contribution in [0.1, 0.15) is 16.1 Å². The molecule has 4 aromatic rings. The minimum absolute atomic E-state index is 0.00554. The molecule has 0 aliphatic rings. The fourth-order valence-electron chi connectivity index (χ4n) is 2.97. The monoisotopic (exact) mass is 448 g/mol. The first-order valence-corrected chi connectivity index (χ1v) is 10.2. The van der Waals surface area contributed by atoms with Crippen LogP contribution in [0, 0.1) is 19.7 Å². The molecule has 0 spiro atoms. The van der Waals surface area contributed by atoms with Crippen molar-refractivity contribution >= 4 is 56.4 Å². The lowest BCUT2D eigenvalue weighted by atomic mass is 10.2. The maximum Gasteiger partial charge on any atom is 0.293 e. The van der Waals surface area contributed by atoms with Gasteiger partial charge < -0.3 is 9.88 Å². The molecule has 0 atom stereocenters. The third-order valence-electron chi connectivity index (χ3n) is 4.38. The largest absolute Gasteiger partial charge is 0.325 e. The van der Waals surface area contributed by atoms with Crippen LogP contribution < -0.4 is 10.9 Å². The molecule has 4 rings (SSSR count). The van der Waals surface area contributed by atoms with Crippen LogP contribution in [0.2, 0.25) is 10.0 Å². The highest BCUT2D eigenvalue weighted by molar-refractivity contribution is 7.18. The van der Waals surface area contributed by atoms with Crippen molar-refractivity contribution in [2.24, 2.45) is 0 Å². The van der Waals surface area contributed by atoms with Gasteiger partial charge in [0.05, 0.1) is 26.8 Å². The second-order valence-electron chi connectivity index (χ2n) is 6.59. The number of nitrogens with one attached hydrogen (secondary N) is 1. The molecule has 0 fully saturated rings. The smallest absolute Gasteiger partial charge is 0.293 e. The van der Waals surface area contributed by atoms with Gasteiger partial charge in [-0.2, -0.15) is 4.98 Å². The molecule has 148 valence electrons. The number of nitrogens with zero attached hydrogens (tertiary/aromatic N) is 3. The molecule has 0 aliphatic carbocycles. The van der Waals surface area contributed by atoms with Gasteiger partial charge >= 0.3 is 0 Å². The molecule has 2 heterocycles. The lowest BCUT2D eigenvalue weighted by molar-refractivity contribution is 0.626. The summed E-state index contributed by atoms with van der Waals surface area (Å²) in [6.45, 7) is 4.21. The Morgan fingerprint density at radius 3 is 2.69 bits per heavy atom. The van der Waals surface area contributed by atoms with Gasteiger partial charge in [0.25, 0.3) is 5.56 Å². The number of aromatic nitrogens is 3. The van der Waals surface area contributed by atoms with Crippen molar-refractivity contribution in [3.8, 4) is 0 Å². The minimum Gasteiger partial charge on any atom is -0.325 e. The van der Waals surface area contributed by atoms with Crippen LogP contribution in [-0.2, 0) is 6.54 Å². The molecule has 0 saturated heterocycles. The number of hydrogen-bond donors (Lipinski definition) is 1. The van der Waals surface area contributed by atoms with E-state index in [9.17, 15) is 9.18 Å². The van der Waals surface area contributed by atoms with Crippen molar-refractivity contribution < 1.29 is 4.39 Å². The Bertz CT molecular complexity index is 1300. The number of benzene rings is 2. The first kappa shape index (κ1) is 19.8. The summed E-state index contributed by atoms with van der Waals surface area (Å²) >= 11 is 13.5. The average Bonchev–Trinajstić information content (AvgIpc) is 3.01. The van der Waals surface area contributed by atoms with E-state index in [0.29, 0.717) is 12.5 Å². The van der Waals surface area contributed by atoms with Gasteiger partial charge in [-0.1, -0.05) is 29.3 Å². The normalized spacial score (nSPS) is 11.2. The third-order valence-corrected chi connectivity index (χ3v) is 5.86. The third kappa shape index (κ3) is 4.12. The molecule has 2 aromatic carbocycles. The van der Waals surface area contributed by atoms with E-state index in [4.69, 9.17) is 23.2 Å². The Labute approximate surface area is 179 Å². The summed E-state index contributed by atoms with van der Waals surface area (Å²) in [6.07, 6.45) is 1.50. The second-order valence-corrected chi connectivity index (χ2v) is 8.64. The number of fused-ring (bicyclic) bond motifs is 1. The molecule has 0 aliphatic heterocycles. The Morgan fingerprint density at radius 2 is 1.93 bits per heavy atom. The first-order valence-electron chi connectivity index (χ1n) is 8.66. The van der Waals surface area contributed by atoms with Crippen LogP contribution in [-0.4, -0.2) is 14.5 Å². The summed E-state index contributed by atoms with van der Waals surface area (Å²) in [4.78, 5) is 20.6. The number of aryl methyl sites for hydroxylation is 2. The Balaban J connectivity index is 1.75. The molecule has 0 saturated carbocycles. The SMILES string of the molecule is Cc1nc2cc(C)c(Nc3nc(=O)c(Cl)cn3Cc3ccc(F)c(Cl)c3)cc2s1. The van der Waals surface area contributed by atoms with Gasteiger partial charge in [0.1, 0.15) is 10.8 Å². The molecule has 2 aromatic heterocycles. The number of rotatable bonds is 4. The fraction of sp³-hybridized carbons (Fsp3) is 0.150. The number of thiazole rings is 1. The standard InChI is InChI=1S/C20H15Cl2FN4OS/c1-10-5-17-18(29-11(2)24-17)7-16(10)25-20-26-19(28)14(22)9-27(20)8-12-3-4-15(23)13(21)6-12/h3-7,9H,8H2,1-2H3,(H,25,26,28). The highest BCUT2D eigenvalue weighted by Gasteiger charge is 2.12. The van der Waals surface area contributed by atoms with Crippen LogP contribution in [0.3, 0.4) is 0 Å². The average molecular weight is 449 g/mol. The lowest BCUT2D eigenvalue weighted by Crippen LogP contribution is -2.17. The molecule has 29 heavy (non-hydrogen) atoms. The van der Waals surface area contributed by atoms with E-state index in [0.717, 1.165) is 32.0 Å². The highest BCUT2D eigenvalue weighted by Crippen LogP contribution is 2.29. The molecular formula is C20H15Cl2FN4OS. The highest BCUT2D eigenvalue weighted by atomic mass is 35.5. The Hall–Kier alpha value is -2.48. The van der Waals surface area contributed by atoms with Crippen molar-refractivity contribution in [2.75, 3.05) is 5.32 Å². The zero-order chi connectivity index (χ0) is 20.7. The van der Waals surface area contributed by atoms with Crippen molar-refractivity contribution in [3.05, 3.63) is 78.9 Å². The summed E-state index contributed by atoms with van der Waals surface area (Å²) < 4.78 is 16.2. The van der Waals surface area contributed by atoms with Crippen LogP contribution >= 0.6 is 34.5 Å². The lowest BCUT2D eigenvalue weighted by Gasteiger charge is -2.16.